The lowest BCUT2D eigenvalue weighted by Crippen LogP contribution is -2.28. The van der Waals surface area contributed by atoms with E-state index < -0.39 is 5.97 Å². The molecular weight excluding hydrogens is 394 g/mol. The maximum Gasteiger partial charge on any atom is 0.304 e. The Morgan fingerprint density at radius 2 is 0.750 bits per heavy atom. The van der Waals surface area contributed by atoms with Crippen molar-refractivity contribution in [3.05, 3.63) is 0 Å². The van der Waals surface area contributed by atoms with Crippen molar-refractivity contribution >= 4 is 5.97 Å². The molecule has 192 valence electrons. The molecule has 0 spiro atoms. The Bertz CT molecular complexity index is 372. The van der Waals surface area contributed by atoms with E-state index in [2.05, 4.69) is 18.7 Å². The molecule has 3 nitrogen and oxygen atoms in total. The maximum atomic E-state index is 11.0. The zero-order valence-electron chi connectivity index (χ0n) is 22.2. The minimum Gasteiger partial charge on any atom is -0.481 e. The third-order valence-corrected chi connectivity index (χ3v) is 6.80. The lowest BCUT2D eigenvalue weighted by Gasteiger charge is -2.21. The molecule has 0 atom stereocenters. The molecule has 0 aliphatic carbocycles. The van der Waals surface area contributed by atoms with Crippen LogP contribution in [0.25, 0.3) is 0 Å². The average Bonchev–Trinajstić information content (AvgIpc) is 2.78. The molecule has 0 saturated carbocycles. The largest absolute Gasteiger partial charge is 0.481 e. The van der Waals surface area contributed by atoms with Crippen LogP contribution >= 0.6 is 0 Å². The molecule has 0 heterocycles. The van der Waals surface area contributed by atoms with Crippen molar-refractivity contribution in [3.8, 4) is 0 Å². The highest BCUT2D eigenvalue weighted by atomic mass is 16.4. The van der Waals surface area contributed by atoms with E-state index in [0.717, 1.165) is 19.6 Å². The minimum absolute atomic E-state index is 0.288. The lowest BCUT2D eigenvalue weighted by molar-refractivity contribution is -0.137. The molecule has 32 heavy (non-hydrogen) atoms. The van der Waals surface area contributed by atoms with Crippen molar-refractivity contribution in [2.75, 3.05) is 19.6 Å². The third kappa shape index (κ3) is 25.7. The van der Waals surface area contributed by atoms with Crippen molar-refractivity contribution in [2.45, 2.75) is 162 Å². The van der Waals surface area contributed by atoms with Gasteiger partial charge in [-0.25, -0.2) is 0 Å². The van der Waals surface area contributed by atoms with E-state index in [1.807, 2.05) is 0 Å². The second kappa shape index (κ2) is 26.7. The summed E-state index contributed by atoms with van der Waals surface area (Å²) in [6.45, 7) is 7.45. The maximum absolute atomic E-state index is 11.0. The van der Waals surface area contributed by atoms with Gasteiger partial charge in [0.1, 0.15) is 0 Å². The van der Waals surface area contributed by atoms with E-state index in [9.17, 15) is 4.79 Å². The van der Waals surface area contributed by atoms with E-state index in [-0.39, 0.29) is 6.42 Å². The van der Waals surface area contributed by atoms with Gasteiger partial charge in [0, 0.05) is 6.54 Å². The number of carboxylic acids is 1. The van der Waals surface area contributed by atoms with Crippen LogP contribution in [-0.2, 0) is 4.79 Å². The first kappa shape index (κ1) is 31.4. The summed E-state index contributed by atoms with van der Waals surface area (Å²) in [6, 6.07) is 0. The Morgan fingerprint density at radius 1 is 0.469 bits per heavy atom. The van der Waals surface area contributed by atoms with Gasteiger partial charge in [0.25, 0.3) is 0 Å². The molecule has 0 aromatic heterocycles. The van der Waals surface area contributed by atoms with E-state index in [1.165, 1.54) is 141 Å². The quantitative estimate of drug-likeness (QED) is 0.126. The first-order chi connectivity index (χ1) is 15.7. The van der Waals surface area contributed by atoms with Gasteiger partial charge < -0.3 is 10.0 Å². The van der Waals surface area contributed by atoms with Crippen molar-refractivity contribution in [3.63, 3.8) is 0 Å². The van der Waals surface area contributed by atoms with Gasteiger partial charge in [-0.2, -0.15) is 0 Å². The van der Waals surface area contributed by atoms with Crippen LogP contribution in [0.3, 0.4) is 0 Å². The second-order valence-electron chi connectivity index (χ2n) is 10.1. The minimum atomic E-state index is -0.659. The Hall–Kier alpha value is -0.570. The number of carbonyl (C=O) groups is 1. The van der Waals surface area contributed by atoms with Gasteiger partial charge in [-0.05, 0) is 25.9 Å². The highest BCUT2D eigenvalue weighted by Gasteiger charge is 2.07. The molecule has 1 N–H and O–H groups in total. The fourth-order valence-corrected chi connectivity index (χ4v) is 4.59. The predicted molar refractivity (Wildman–Crippen MR) is 142 cm³/mol. The fraction of sp³-hybridized carbons (Fsp3) is 0.966. The van der Waals surface area contributed by atoms with Crippen LogP contribution < -0.4 is 0 Å². The summed E-state index contributed by atoms with van der Waals surface area (Å²) < 4.78 is 0. The first-order valence-electron chi connectivity index (χ1n) is 14.6. The molecule has 0 bridgehead atoms. The number of aliphatic carboxylic acids is 1. The van der Waals surface area contributed by atoms with Crippen LogP contribution in [0.2, 0.25) is 0 Å². The van der Waals surface area contributed by atoms with Crippen molar-refractivity contribution in [1.29, 1.82) is 0 Å². The van der Waals surface area contributed by atoms with Crippen LogP contribution in [0, 0.1) is 0 Å². The van der Waals surface area contributed by atoms with Crippen molar-refractivity contribution < 1.29 is 9.90 Å². The van der Waals surface area contributed by atoms with Gasteiger partial charge in [0.05, 0.1) is 6.42 Å². The summed E-state index contributed by atoms with van der Waals surface area (Å²) in [6.07, 6.45) is 30.4. The zero-order chi connectivity index (χ0) is 23.5. The van der Waals surface area contributed by atoms with Crippen LogP contribution in [-0.4, -0.2) is 35.6 Å². The van der Waals surface area contributed by atoms with E-state index in [4.69, 9.17) is 5.11 Å². The number of rotatable bonds is 27. The number of nitrogens with zero attached hydrogens (tertiary/aromatic N) is 1. The number of hydrogen-bond donors (Lipinski definition) is 1. The predicted octanol–water partition coefficient (Wildman–Crippen LogP) is 9.39. The van der Waals surface area contributed by atoms with Crippen molar-refractivity contribution in [2.24, 2.45) is 0 Å². The van der Waals surface area contributed by atoms with Crippen LogP contribution in [0.4, 0.5) is 0 Å². The summed E-state index contributed by atoms with van der Waals surface area (Å²) in [7, 11) is 0. The molecule has 0 amide bonds. The van der Waals surface area contributed by atoms with Gasteiger partial charge >= 0.3 is 5.97 Å². The van der Waals surface area contributed by atoms with E-state index in [1.54, 1.807) is 0 Å². The molecule has 0 aromatic carbocycles. The second-order valence-corrected chi connectivity index (χ2v) is 10.1. The van der Waals surface area contributed by atoms with Gasteiger partial charge in [-0.3, -0.25) is 4.79 Å². The van der Waals surface area contributed by atoms with E-state index in [0.29, 0.717) is 0 Å². The van der Waals surface area contributed by atoms with Gasteiger partial charge in [0.15, 0.2) is 0 Å². The summed E-state index contributed by atoms with van der Waals surface area (Å²) >= 11 is 0. The van der Waals surface area contributed by atoms with Gasteiger partial charge in [-0.1, -0.05) is 142 Å². The molecule has 0 aliphatic rings. The molecule has 0 unspecified atom stereocenters. The summed E-state index contributed by atoms with van der Waals surface area (Å²) in [5, 5.41) is 9.05. The fourth-order valence-electron chi connectivity index (χ4n) is 4.59. The number of carboxylic acid groups (broad SMARTS) is 1. The van der Waals surface area contributed by atoms with Crippen molar-refractivity contribution in [1.82, 2.24) is 4.90 Å². The summed E-state index contributed by atoms with van der Waals surface area (Å²) in [5.74, 6) is -0.659. The van der Waals surface area contributed by atoms with E-state index >= 15 is 0 Å². The summed E-state index contributed by atoms with van der Waals surface area (Å²) in [5.41, 5.74) is 0. The smallest absolute Gasteiger partial charge is 0.304 e. The molecule has 0 aliphatic heterocycles. The Morgan fingerprint density at radius 3 is 1.03 bits per heavy atom. The van der Waals surface area contributed by atoms with Gasteiger partial charge in [-0.15, -0.1) is 0 Å². The SMILES string of the molecule is CCCCCCCCCCCCCCN(CCCCCCCCCCCC)CCC(=O)O. The standard InChI is InChI=1S/C29H59NO2/c1-3-5-7-9-11-13-15-16-18-20-22-24-27-30(28-25-29(31)32)26-23-21-19-17-14-12-10-8-6-4-2/h3-28H2,1-2H3,(H,31,32). The Labute approximate surface area is 202 Å². The molecular formula is C29H59NO2. The lowest BCUT2D eigenvalue weighted by atomic mass is 10.1. The number of unbranched alkanes of at least 4 members (excludes halogenated alkanes) is 20. The zero-order valence-corrected chi connectivity index (χ0v) is 22.2. The van der Waals surface area contributed by atoms with Crippen LogP contribution in [0.5, 0.6) is 0 Å². The molecule has 0 radical (unpaired) electrons. The third-order valence-electron chi connectivity index (χ3n) is 6.80. The molecule has 0 aromatic rings. The van der Waals surface area contributed by atoms with Crippen LogP contribution in [0.15, 0.2) is 0 Å². The monoisotopic (exact) mass is 453 g/mol. The Balaban J connectivity index is 3.62. The average molecular weight is 454 g/mol. The molecule has 0 saturated heterocycles. The first-order valence-corrected chi connectivity index (χ1v) is 14.6. The highest BCUT2D eigenvalue weighted by Crippen LogP contribution is 2.13. The number of hydrogen-bond acceptors (Lipinski definition) is 2. The Kier molecular flexibility index (Phi) is 26.2. The molecule has 3 heteroatoms. The van der Waals surface area contributed by atoms with Crippen LogP contribution in [0.1, 0.15) is 162 Å². The normalized spacial score (nSPS) is 11.5. The summed E-state index contributed by atoms with van der Waals surface area (Å²) in [4.78, 5) is 13.4. The molecule has 0 rings (SSSR count). The topological polar surface area (TPSA) is 40.5 Å². The van der Waals surface area contributed by atoms with Gasteiger partial charge in [0.2, 0.25) is 0 Å². The molecule has 0 fully saturated rings. The highest BCUT2D eigenvalue weighted by molar-refractivity contribution is 5.66.